The van der Waals surface area contributed by atoms with Gasteiger partial charge in [-0.25, -0.2) is 0 Å². The van der Waals surface area contributed by atoms with Crippen molar-refractivity contribution in [1.82, 2.24) is 10.2 Å². The van der Waals surface area contributed by atoms with Gasteiger partial charge < -0.3 is 20.9 Å². The summed E-state index contributed by atoms with van der Waals surface area (Å²) in [6.07, 6.45) is 6.36. The van der Waals surface area contributed by atoms with Crippen molar-refractivity contribution in [2.75, 3.05) is 31.1 Å². The lowest BCUT2D eigenvalue weighted by molar-refractivity contribution is -0.131. The molecule has 1 heterocycles. The molecular weight excluding hydrogens is 460 g/mol. The number of rotatable bonds is 10. The van der Waals surface area contributed by atoms with Crippen LogP contribution < -0.4 is 16.0 Å². The lowest BCUT2D eigenvalue weighted by Crippen LogP contribution is -2.49. The highest BCUT2D eigenvalue weighted by atomic mass is 35.5. The highest BCUT2D eigenvalue weighted by Crippen LogP contribution is 2.44. The van der Waals surface area contributed by atoms with E-state index in [0.717, 1.165) is 37.0 Å². The summed E-state index contributed by atoms with van der Waals surface area (Å²) in [5.41, 5.74) is 9.28. The predicted molar refractivity (Wildman–Crippen MR) is 140 cm³/mol. The van der Waals surface area contributed by atoms with Crippen molar-refractivity contribution in [3.63, 3.8) is 0 Å². The van der Waals surface area contributed by atoms with Crippen LogP contribution in [0.2, 0.25) is 5.02 Å². The van der Waals surface area contributed by atoms with Crippen LogP contribution >= 0.6 is 11.6 Å². The van der Waals surface area contributed by atoms with E-state index in [9.17, 15) is 9.59 Å². The van der Waals surface area contributed by atoms with E-state index in [4.69, 9.17) is 17.3 Å². The second-order valence-corrected chi connectivity index (χ2v) is 10.7. The van der Waals surface area contributed by atoms with Crippen molar-refractivity contribution in [3.8, 4) is 0 Å². The number of carbonyl (C=O) groups excluding carboxylic acids is 2. The van der Waals surface area contributed by atoms with Crippen molar-refractivity contribution < 1.29 is 9.59 Å². The van der Waals surface area contributed by atoms with Gasteiger partial charge in [0.05, 0.1) is 0 Å². The van der Waals surface area contributed by atoms with Crippen molar-refractivity contribution in [3.05, 3.63) is 64.2 Å². The van der Waals surface area contributed by atoms with Gasteiger partial charge in [0.2, 0.25) is 11.8 Å². The minimum atomic E-state index is -0.516. The number of benzene rings is 2. The Bertz CT molecular complexity index is 1060. The van der Waals surface area contributed by atoms with Gasteiger partial charge >= 0.3 is 0 Å². The van der Waals surface area contributed by atoms with E-state index >= 15 is 0 Å². The Morgan fingerprint density at radius 3 is 2.31 bits per heavy atom. The molecule has 0 aromatic heterocycles. The second-order valence-electron chi connectivity index (χ2n) is 10.2. The number of aryl methyl sites for hydroxylation is 1. The second kappa shape index (κ2) is 10.6. The van der Waals surface area contributed by atoms with E-state index in [-0.39, 0.29) is 5.91 Å². The van der Waals surface area contributed by atoms with Crippen LogP contribution in [0.25, 0.3) is 0 Å². The Labute approximate surface area is 212 Å². The maximum absolute atomic E-state index is 12.9. The van der Waals surface area contributed by atoms with Crippen molar-refractivity contribution in [2.24, 2.45) is 17.6 Å². The first kappa shape index (κ1) is 24.1. The maximum atomic E-state index is 12.9. The molecule has 2 aliphatic carbocycles. The van der Waals surface area contributed by atoms with E-state index in [0.29, 0.717) is 42.6 Å². The van der Waals surface area contributed by atoms with Crippen molar-refractivity contribution >= 4 is 29.1 Å². The summed E-state index contributed by atoms with van der Waals surface area (Å²) in [7, 11) is 0. The molecule has 0 atom stereocenters. The number of hydrogen-bond acceptors (Lipinski definition) is 4. The number of para-hydroxylation sites is 1. The minimum absolute atomic E-state index is 0.113. The molecule has 0 spiro atoms. The number of nitrogens with one attached hydrogen (secondary N) is 1. The molecule has 0 unspecified atom stereocenters. The number of piperazine rings is 1. The number of primary amides is 1. The highest BCUT2D eigenvalue weighted by molar-refractivity contribution is 6.31. The first-order valence-corrected chi connectivity index (χ1v) is 13.3. The lowest BCUT2D eigenvalue weighted by atomic mass is 10.0. The molecule has 3 aliphatic rings. The molecule has 3 N–H and O–H groups in total. The highest BCUT2D eigenvalue weighted by Gasteiger charge is 2.41. The molecule has 186 valence electrons. The van der Waals surface area contributed by atoms with Gasteiger partial charge in [0.25, 0.3) is 0 Å². The number of hydrogen-bond donors (Lipinski definition) is 2. The largest absolute Gasteiger partial charge is 0.368 e. The molecule has 35 heavy (non-hydrogen) atoms. The third-order valence-corrected chi connectivity index (χ3v) is 7.93. The van der Waals surface area contributed by atoms with Gasteiger partial charge in [-0.2, -0.15) is 0 Å². The monoisotopic (exact) mass is 494 g/mol. The molecule has 1 saturated heterocycles. The van der Waals surface area contributed by atoms with E-state index in [1.165, 1.54) is 36.9 Å². The molecule has 0 bridgehead atoms. The number of anilines is 1. The molecule has 2 amide bonds. The maximum Gasteiger partial charge on any atom is 0.249 e. The van der Waals surface area contributed by atoms with Crippen LogP contribution in [0.5, 0.6) is 0 Å². The van der Waals surface area contributed by atoms with Gasteiger partial charge in [0.15, 0.2) is 0 Å². The smallest absolute Gasteiger partial charge is 0.249 e. The van der Waals surface area contributed by atoms with Crippen LogP contribution in [-0.4, -0.2) is 48.9 Å². The van der Waals surface area contributed by atoms with Gasteiger partial charge in [-0.3, -0.25) is 9.59 Å². The predicted octanol–water partition coefficient (Wildman–Crippen LogP) is 4.00. The van der Waals surface area contributed by atoms with Crippen LogP contribution in [-0.2, 0) is 17.8 Å². The Morgan fingerprint density at radius 1 is 0.971 bits per heavy atom. The number of amides is 2. The average molecular weight is 495 g/mol. The summed E-state index contributed by atoms with van der Waals surface area (Å²) in [4.78, 5) is 29.0. The van der Waals surface area contributed by atoms with Gasteiger partial charge in [0.1, 0.15) is 0 Å². The first-order chi connectivity index (χ1) is 17.0. The zero-order valence-corrected chi connectivity index (χ0v) is 21.0. The normalized spacial score (nSPS) is 18.2. The molecule has 6 nitrogen and oxygen atoms in total. The lowest BCUT2D eigenvalue weighted by Gasteiger charge is -2.37. The first-order valence-electron chi connectivity index (χ1n) is 12.9. The summed E-state index contributed by atoms with van der Waals surface area (Å²) >= 11 is 6.00. The molecule has 0 radical (unpaired) electrons. The number of nitrogens with two attached hydrogens (primary N) is 1. The molecule has 3 fully saturated rings. The molecule has 7 heteroatoms. The van der Waals surface area contributed by atoms with E-state index < -0.39 is 5.91 Å². The van der Waals surface area contributed by atoms with Crippen molar-refractivity contribution in [1.29, 1.82) is 0 Å². The minimum Gasteiger partial charge on any atom is -0.368 e. The molecular formula is C28H35ClN4O2. The van der Waals surface area contributed by atoms with Crippen LogP contribution in [0, 0.1) is 11.8 Å². The summed E-state index contributed by atoms with van der Waals surface area (Å²) in [6, 6.07) is 14.5. The average Bonchev–Trinajstić information content (AvgIpc) is 3.79. The number of nitrogens with zero attached hydrogens (tertiary/aromatic N) is 2. The van der Waals surface area contributed by atoms with Gasteiger partial charge in [0, 0.05) is 61.5 Å². The summed E-state index contributed by atoms with van der Waals surface area (Å²) < 4.78 is 0. The Kier molecular flexibility index (Phi) is 7.30. The standard InChI is InChI=1S/C28H35ClN4O2/c29-23-11-9-19(24(17-23)28(30)35)10-12-26(34)33-15-13-32(14-16-33)25-4-2-1-3-22(25)18-31-27(20-5-6-20)21-7-8-21/h1-4,9,11,17,20-21,27,31H,5-8,10,12-16,18H2,(H2,30,35). The summed E-state index contributed by atoms with van der Waals surface area (Å²) in [5.74, 6) is 1.37. The van der Waals surface area contributed by atoms with Crippen LogP contribution in [0.1, 0.15) is 53.6 Å². The third kappa shape index (κ3) is 5.99. The van der Waals surface area contributed by atoms with Gasteiger partial charge in [-0.15, -0.1) is 0 Å². The Morgan fingerprint density at radius 2 is 1.66 bits per heavy atom. The van der Waals surface area contributed by atoms with E-state index in [1.54, 1.807) is 18.2 Å². The van der Waals surface area contributed by atoms with Gasteiger partial charge in [-0.05, 0) is 73.3 Å². The Hall–Kier alpha value is -2.57. The number of halogens is 1. The van der Waals surface area contributed by atoms with Crippen LogP contribution in [0.4, 0.5) is 5.69 Å². The van der Waals surface area contributed by atoms with E-state index in [1.807, 2.05) is 4.90 Å². The molecule has 5 rings (SSSR count). The summed E-state index contributed by atoms with van der Waals surface area (Å²) in [6.45, 7) is 3.97. The van der Waals surface area contributed by atoms with Gasteiger partial charge in [-0.1, -0.05) is 35.9 Å². The zero-order chi connectivity index (χ0) is 24.4. The Balaban J connectivity index is 1.14. The quantitative estimate of drug-likeness (QED) is 0.523. The van der Waals surface area contributed by atoms with Crippen molar-refractivity contribution in [2.45, 2.75) is 51.1 Å². The third-order valence-electron chi connectivity index (χ3n) is 7.70. The molecule has 2 aromatic rings. The van der Waals surface area contributed by atoms with E-state index in [2.05, 4.69) is 34.5 Å². The molecule has 1 aliphatic heterocycles. The fourth-order valence-electron chi connectivity index (χ4n) is 5.42. The number of carbonyl (C=O) groups is 2. The topological polar surface area (TPSA) is 78.7 Å². The SMILES string of the molecule is NC(=O)c1cc(Cl)ccc1CCC(=O)N1CCN(c2ccccc2CNC(C2CC2)C2CC2)CC1. The summed E-state index contributed by atoms with van der Waals surface area (Å²) in [5, 5.41) is 4.35. The van der Waals surface area contributed by atoms with Crippen LogP contribution in [0.3, 0.4) is 0 Å². The fraction of sp³-hybridized carbons (Fsp3) is 0.500. The molecule has 2 saturated carbocycles. The zero-order valence-electron chi connectivity index (χ0n) is 20.2. The molecule has 2 aromatic carbocycles. The fourth-order valence-corrected chi connectivity index (χ4v) is 5.59. The van der Waals surface area contributed by atoms with Crippen LogP contribution in [0.15, 0.2) is 42.5 Å².